The largest absolute Gasteiger partial charge is 0.370 e. The lowest BCUT2D eigenvalue weighted by molar-refractivity contribution is -0.123. The van der Waals surface area contributed by atoms with Crippen molar-refractivity contribution in [2.24, 2.45) is 16.5 Å². The molecule has 0 saturated heterocycles. The fourth-order valence-electron chi connectivity index (χ4n) is 0.756. The molecule has 76 valence electrons. The normalized spacial score (nSPS) is 13.2. The van der Waals surface area contributed by atoms with Gasteiger partial charge in [0.1, 0.15) is 6.04 Å². The summed E-state index contributed by atoms with van der Waals surface area (Å²) < 4.78 is 0. The Balaban J connectivity index is 4.21. The highest BCUT2D eigenvalue weighted by atomic mass is 16.2. The Hall–Kier alpha value is -1.26. The van der Waals surface area contributed by atoms with E-state index in [-0.39, 0.29) is 17.4 Å². The summed E-state index contributed by atoms with van der Waals surface area (Å²) >= 11 is 0. The van der Waals surface area contributed by atoms with E-state index < -0.39 is 6.04 Å². The molecule has 5 nitrogen and oxygen atoms in total. The molecule has 0 saturated carbocycles. The number of nitrogens with one attached hydrogen (secondary N) is 1. The molecule has 1 atom stereocenters. The maximum Gasteiger partial charge on any atom is 0.245 e. The zero-order valence-corrected chi connectivity index (χ0v) is 8.59. The van der Waals surface area contributed by atoms with Gasteiger partial charge in [-0.3, -0.25) is 4.79 Å². The standard InChI is InChI=1S/C8H18N4O/c1-5(11-7(9)10)6(13)12-8(2,3)4/h5H,1-4H3,(H,12,13)(H4,9,10,11). The van der Waals surface area contributed by atoms with Gasteiger partial charge in [0.05, 0.1) is 0 Å². The molecule has 0 radical (unpaired) electrons. The molecular weight excluding hydrogens is 168 g/mol. The van der Waals surface area contributed by atoms with Crippen LogP contribution in [-0.4, -0.2) is 23.4 Å². The van der Waals surface area contributed by atoms with Gasteiger partial charge in [-0.25, -0.2) is 4.99 Å². The second-order valence-electron chi connectivity index (χ2n) is 3.97. The van der Waals surface area contributed by atoms with Crippen molar-refractivity contribution in [1.82, 2.24) is 5.32 Å². The predicted molar refractivity (Wildman–Crippen MR) is 53.2 cm³/mol. The summed E-state index contributed by atoms with van der Waals surface area (Å²) in [7, 11) is 0. The predicted octanol–water partition coefficient (Wildman–Crippen LogP) is -0.437. The van der Waals surface area contributed by atoms with Gasteiger partial charge in [0, 0.05) is 5.54 Å². The van der Waals surface area contributed by atoms with Crippen molar-refractivity contribution < 1.29 is 4.79 Å². The highest BCUT2D eigenvalue weighted by Crippen LogP contribution is 2.00. The number of carbonyl (C=O) groups excluding carboxylic acids is 1. The van der Waals surface area contributed by atoms with E-state index in [1.54, 1.807) is 6.92 Å². The number of guanidine groups is 1. The summed E-state index contributed by atoms with van der Waals surface area (Å²) in [6, 6.07) is -0.538. The van der Waals surface area contributed by atoms with E-state index in [1.165, 1.54) is 0 Å². The van der Waals surface area contributed by atoms with Crippen LogP contribution in [0.25, 0.3) is 0 Å². The third-order valence-corrected chi connectivity index (χ3v) is 1.22. The zero-order valence-electron chi connectivity index (χ0n) is 8.59. The summed E-state index contributed by atoms with van der Waals surface area (Å²) in [6.45, 7) is 7.33. The van der Waals surface area contributed by atoms with Crippen LogP contribution in [0.2, 0.25) is 0 Å². The number of nitrogens with two attached hydrogens (primary N) is 2. The van der Waals surface area contributed by atoms with Gasteiger partial charge in [0.25, 0.3) is 0 Å². The Kier molecular flexibility index (Phi) is 3.71. The average Bonchev–Trinajstić information content (AvgIpc) is 1.81. The smallest absolute Gasteiger partial charge is 0.245 e. The first-order chi connectivity index (χ1) is 5.72. The van der Waals surface area contributed by atoms with Gasteiger partial charge in [-0.05, 0) is 27.7 Å². The first kappa shape index (κ1) is 11.7. The van der Waals surface area contributed by atoms with Gasteiger partial charge in [-0.15, -0.1) is 0 Å². The van der Waals surface area contributed by atoms with Crippen LogP contribution < -0.4 is 16.8 Å². The molecule has 5 N–H and O–H groups in total. The van der Waals surface area contributed by atoms with E-state index in [0.29, 0.717) is 0 Å². The first-order valence-corrected chi connectivity index (χ1v) is 4.13. The van der Waals surface area contributed by atoms with Crippen LogP contribution in [0.4, 0.5) is 0 Å². The van der Waals surface area contributed by atoms with Gasteiger partial charge in [-0.2, -0.15) is 0 Å². The molecule has 0 aromatic carbocycles. The number of rotatable bonds is 2. The molecule has 0 heterocycles. The molecule has 0 rings (SSSR count). The second-order valence-corrected chi connectivity index (χ2v) is 3.97. The molecule has 0 aliphatic heterocycles. The SMILES string of the molecule is CC(N=C(N)N)C(=O)NC(C)(C)C. The van der Waals surface area contributed by atoms with Crippen molar-refractivity contribution in [3.05, 3.63) is 0 Å². The van der Waals surface area contributed by atoms with Crippen molar-refractivity contribution in [3.63, 3.8) is 0 Å². The molecule has 1 unspecified atom stereocenters. The van der Waals surface area contributed by atoms with Crippen LogP contribution in [0.3, 0.4) is 0 Å². The molecule has 0 fully saturated rings. The van der Waals surface area contributed by atoms with Crippen molar-refractivity contribution >= 4 is 11.9 Å². The number of hydrogen-bond acceptors (Lipinski definition) is 2. The van der Waals surface area contributed by atoms with Crippen LogP contribution >= 0.6 is 0 Å². The summed E-state index contributed by atoms with van der Waals surface area (Å²) in [6.07, 6.45) is 0. The summed E-state index contributed by atoms with van der Waals surface area (Å²) in [5.74, 6) is -0.252. The van der Waals surface area contributed by atoms with E-state index in [2.05, 4.69) is 10.3 Å². The van der Waals surface area contributed by atoms with Crippen molar-refractivity contribution in [3.8, 4) is 0 Å². The maximum absolute atomic E-state index is 11.4. The Morgan fingerprint density at radius 3 is 2.15 bits per heavy atom. The second kappa shape index (κ2) is 4.11. The highest BCUT2D eigenvalue weighted by Gasteiger charge is 2.18. The van der Waals surface area contributed by atoms with Crippen LogP contribution in [0, 0.1) is 0 Å². The monoisotopic (exact) mass is 186 g/mol. The van der Waals surface area contributed by atoms with Crippen LogP contribution in [0.15, 0.2) is 4.99 Å². The number of amides is 1. The highest BCUT2D eigenvalue weighted by molar-refractivity contribution is 5.86. The number of nitrogens with zero attached hydrogens (tertiary/aromatic N) is 1. The Morgan fingerprint density at radius 2 is 1.85 bits per heavy atom. The van der Waals surface area contributed by atoms with Gasteiger partial charge in [0.2, 0.25) is 5.91 Å². The number of aliphatic imine (C=N–C) groups is 1. The lowest BCUT2D eigenvalue weighted by Gasteiger charge is -2.21. The first-order valence-electron chi connectivity index (χ1n) is 4.13. The van der Waals surface area contributed by atoms with Crippen LogP contribution in [0.5, 0.6) is 0 Å². The number of carbonyl (C=O) groups is 1. The fourth-order valence-corrected chi connectivity index (χ4v) is 0.756. The zero-order chi connectivity index (χ0) is 10.6. The molecule has 1 amide bonds. The molecule has 0 aliphatic rings. The Bertz CT molecular complexity index is 213. The van der Waals surface area contributed by atoms with E-state index in [1.807, 2.05) is 20.8 Å². The van der Waals surface area contributed by atoms with E-state index in [4.69, 9.17) is 11.5 Å². The van der Waals surface area contributed by atoms with Crippen LogP contribution in [0.1, 0.15) is 27.7 Å². The van der Waals surface area contributed by atoms with Crippen molar-refractivity contribution in [1.29, 1.82) is 0 Å². The Morgan fingerprint density at radius 1 is 1.38 bits per heavy atom. The third-order valence-electron chi connectivity index (χ3n) is 1.22. The molecule has 0 aromatic heterocycles. The van der Waals surface area contributed by atoms with Crippen molar-refractivity contribution in [2.45, 2.75) is 39.3 Å². The molecule has 0 aromatic rings. The fraction of sp³-hybridized carbons (Fsp3) is 0.750. The molecule has 0 spiro atoms. The summed E-state index contributed by atoms with van der Waals surface area (Å²) in [5, 5.41) is 2.77. The van der Waals surface area contributed by atoms with Gasteiger partial charge in [0.15, 0.2) is 5.96 Å². The molecular formula is C8H18N4O. The maximum atomic E-state index is 11.4. The van der Waals surface area contributed by atoms with Gasteiger partial charge >= 0.3 is 0 Å². The summed E-state index contributed by atoms with van der Waals surface area (Å²) in [4.78, 5) is 15.1. The van der Waals surface area contributed by atoms with E-state index in [9.17, 15) is 4.79 Å². The van der Waals surface area contributed by atoms with E-state index >= 15 is 0 Å². The van der Waals surface area contributed by atoms with Gasteiger partial charge in [-0.1, -0.05) is 0 Å². The van der Waals surface area contributed by atoms with E-state index in [0.717, 1.165) is 0 Å². The molecule has 5 heteroatoms. The quantitative estimate of drug-likeness (QED) is 0.403. The van der Waals surface area contributed by atoms with Gasteiger partial charge < -0.3 is 16.8 Å². The lowest BCUT2D eigenvalue weighted by atomic mass is 10.1. The molecule has 13 heavy (non-hydrogen) atoms. The summed E-state index contributed by atoms with van der Waals surface area (Å²) in [5.41, 5.74) is 10.0. The number of hydrogen-bond donors (Lipinski definition) is 3. The minimum absolute atomic E-state index is 0.0726. The van der Waals surface area contributed by atoms with Crippen molar-refractivity contribution in [2.75, 3.05) is 0 Å². The average molecular weight is 186 g/mol. The molecule has 0 bridgehead atoms. The minimum atomic E-state index is -0.538. The Labute approximate surface area is 78.6 Å². The minimum Gasteiger partial charge on any atom is -0.370 e. The third kappa shape index (κ3) is 5.95. The topological polar surface area (TPSA) is 93.5 Å². The molecule has 0 aliphatic carbocycles. The van der Waals surface area contributed by atoms with Crippen LogP contribution in [-0.2, 0) is 4.79 Å². The lowest BCUT2D eigenvalue weighted by Crippen LogP contribution is -2.45.